The van der Waals surface area contributed by atoms with E-state index in [0.717, 1.165) is 18.1 Å². The lowest BCUT2D eigenvalue weighted by molar-refractivity contribution is -0.137. The highest BCUT2D eigenvalue weighted by molar-refractivity contribution is 6.34. The van der Waals surface area contributed by atoms with E-state index in [0.29, 0.717) is 36.3 Å². The molecule has 1 fully saturated rings. The highest BCUT2D eigenvalue weighted by atomic mass is 35.5. The number of nitrogens with zero attached hydrogens (tertiary/aromatic N) is 4. The van der Waals surface area contributed by atoms with E-state index in [-0.39, 0.29) is 17.6 Å². The number of H-pyrrole nitrogens is 1. The maximum Gasteiger partial charge on any atom is 0.417 e. The van der Waals surface area contributed by atoms with Gasteiger partial charge in [-0.1, -0.05) is 17.7 Å². The number of aromatic nitrogens is 4. The van der Waals surface area contributed by atoms with Gasteiger partial charge in [0, 0.05) is 17.8 Å². The van der Waals surface area contributed by atoms with E-state index in [9.17, 15) is 18.0 Å². The molecule has 2 unspecified atom stereocenters. The third-order valence-corrected chi connectivity index (χ3v) is 6.48. The minimum Gasteiger partial charge on any atom is -0.368 e. The van der Waals surface area contributed by atoms with Crippen LogP contribution in [0.4, 0.5) is 19.1 Å². The van der Waals surface area contributed by atoms with E-state index in [2.05, 4.69) is 20.2 Å². The second-order valence-electron chi connectivity index (χ2n) is 7.94. The summed E-state index contributed by atoms with van der Waals surface area (Å²) in [4.78, 5) is 23.9. The minimum atomic E-state index is -4.65. The molecular formula is C21H18ClF3N6O. The topological polar surface area (TPSA) is 101 Å². The van der Waals surface area contributed by atoms with Crippen molar-refractivity contribution < 1.29 is 18.0 Å². The summed E-state index contributed by atoms with van der Waals surface area (Å²) in [6.07, 6.45) is -0.342. The summed E-state index contributed by atoms with van der Waals surface area (Å²) in [5, 5.41) is 6.37. The fraction of sp³-hybridized carbons (Fsp3) is 0.333. The molecule has 2 bridgehead atoms. The molecule has 3 aromatic rings. The van der Waals surface area contributed by atoms with Gasteiger partial charge in [0.1, 0.15) is 5.69 Å². The van der Waals surface area contributed by atoms with Crippen LogP contribution in [0, 0.1) is 0 Å². The zero-order chi connectivity index (χ0) is 22.6. The van der Waals surface area contributed by atoms with Crippen LogP contribution in [0.25, 0.3) is 11.4 Å². The van der Waals surface area contributed by atoms with E-state index in [1.165, 1.54) is 12.1 Å². The maximum atomic E-state index is 13.5. The highest BCUT2D eigenvalue weighted by Crippen LogP contribution is 2.45. The Morgan fingerprint density at radius 3 is 2.75 bits per heavy atom. The van der Waals surface area contributed by atoms with E-state index in [1.54, 1.807) is 17.2 Å². The number of rotatable bonds is 2. The average molecular weight is 463 g/mol. The predicted octanol–water partition coefficient (Wildman–Crippen LogP) is 4.41. The Labute approximate surface area is 185 Å². The van der Waals surface area contributed by atoms with E-state index in [4.69, 9.17) is 17.3 Å². The van der Waals surface area contributed by atoms with E-state index < -0.39 is 28.7 Å². The van der Waals surface area contributed by atoms with Gasteiger partial charge >= 0.3 is 6.18 Å². The second kappa shape index (κ2) is 7.47. The number of hydrogen-bond donors (Lipinski definition) is 2. The lowest BCUT2D eigenvalue weighted by Crippen LogP contribution is -2.50. The van der Waals surface area contributed by atoms with Gasteiger partial charge in [-0.05, 0) is 43.9 Å². The quantitative estimate of drug-likeness (QED) is 0.587. The van der Waals surface area contributed by atoms with Crippen molar-refractivity contribution in [2.75, 3.05) is 5.73 Å². The SMILES string of the molecule is Nc1nc(-c2cc[nH]n2)c2c(n1)C1CCCC(C2)N1C(=O)c1cccc(C(F)(F)F)c1Cl. The normalized spacial score (nSPS) is 20.2. The zero-order valence-corrected chi connectivity index (χ0v) is 17.4. The molecular weight excluding hydrogens is 445 g/mol. The van der Waals surface area contributed by atoms with Crippen molar-refractivity contribution in [1.29, 1.82) is 0 Å². The molecule has 0 saturated carbocycles. The van der Waals surface area contributed by atoms with Crippen molar-refractivity contribution in [3.8, 4) is 11.4 Å². The fourth-order valence-electron chi connectivity index (χ4n) is 4.75. The van der Waals surface area contributed by atoms with E-state index >= 15 is 0 Å². The Morgan fingerprint density at radius 1 is 1.22 bits per heavy atom. The van der Waals surface area contributed by atoms with Crippen LogP contribution in [0.5, 0.6) is 0 Å². The van der Waals surface area contributed by atoms with Crippen molar-refractivity contribution in [2.45, 2.75) is 43.9 Å². The first-order valence-corrected chi connectivity index (χ1v) is 10.5. The van der Waals surface area contributed by atoms with Gasteiger partial charge < -0.3 is 10.6 Å². The number of fused-ring (bicyclic) bond motifs is 4. The number of anilines is 1. The molecule has 2 aromatic heterocycles. The summed E-state index contributed by atoms with van der Waals surface area (Å²) in [5.41, 5.74) is 7.48. The third kappa shape index (κ3) is 3.29. The first-order chi connectivity index (χ1) is 15.3. The number of carbonyl (C=O) groups excluding carboxylic acids is 1. The molecule has 7 nitrogen and oxygen atoms in total. The van der Waals surface area contributed by atoms with Crippen LogP contribution in [0.2, 0.25) is 5.02 Å². The van der Waals surface area contributed by atoms with Crippen LogP contribution < -0.4 is 5.73 Å². The van der Waals surface area contributed by atoms with E-state index in [1.807, 2.05) is 0 Å². The number of carbonyl (C=O) groups is 1. The molecule has 2 atom stereocenters. The number of nitrogens with one attached hydrogen (secondary N) is 1. The number of hydrogen-bond acceptors (Lipinski definition) is 5. The molecule has 11 heteroatoms. The van der Waals surface area contributed by atoms with Gasteiger partial charge in [-0.2, -0.15) is 18.3 Å². The van der Waals surface area contributed by atoms with Crippen molar-refractivity contribution >= 4 is 23.5 Å². The summed E-state index contributed by atoms with van der Waals surface area (Å²) < 4.78 is 40.0. The molecule has 4 heterocycles. The Hall–Kier alpha value is -3.14. The van der Waals surface area contributed by atoms with Crippen molar-refractivity contribution in [2.24, 2.45) is 0 Å². The van der Waals surface area contributed by atoms with Gasteiger partial charge in [0.2, 0.25) is 5.95 Å². The van der Waals surface area contributed by atoms with Gasteiger partial charge in [0.05, 0.1) is 33.6 Å². The number of alkyl halides is 3. The van der Waals surface area contributed by atoms with Gasteiger partial charge in [-0.15, -0.1) is 0 Å². The number of halogens is 4. The van der Waals surface area contributed by atoms with Crippen molar-refractivity contribution in [3.05, 3.63) is 57.9 Å². The van der Waals surface area contributed by atoms with Crippen molar-refractivity contribution in [1.82, 2.24) is 25.1 Å². The Kier molecular flexibility index (Phi) is 4.85. The molecule has 32 heavy (non-hydrogen) atoms. The first-order valence-electron chi connectivity index (χ1n) is 10.1. The van der Waals surface area contributed by atoms with Gasteiger partial charge in [-0.25, -0.2) is 9.97 Å². The molecule has 3 N–H and O–H groups in total. The standard InChI is InChI=1S/C21H18ClF3N6O/c22-16-11(4-2-5-13(16)21(23,24)25)19(32)31-10-3-1-6-15(31)18-12(9-10)17(28-20(26)29-18)14-7-8-27-30-14/h2,4-5,7-8,10,15H,1,3,6,9H2,(H,27,30)(H2,26,28,29). The maximum absolute atomic E-state index is 13.5. The average Bonchev–Trinajstić information content (AvgIpc) is 3.27. The predicted molar refractivity (Wildman–Crippen MR) is 111 cm³/mol. The number of nitrogen functional groups attached to an aromatic ring is 1. The number of amides is 1. The van der Waals surface area contributed by atoms with Crippen LogP contribution >= 0.6 is 11.6 Å². The fourth-order valence-corrected chi connectivity index (χ4v) is 5.06. The Balaban J connectivity index is 1.60. The summed E-state index contributed by atoms with van der Waals surface area (Å²) in [7, 11) is 0. The Morgan fingerprint density at radius 2 is 2.03 bits per heavy atom. The van der Waals surface area contributed by atoms with Gasteiger partial charge in [0.15, 0.2) is 0 Å². The number of aromatic amines is 1. The summed E-state index contributed by atoms with van der Waals surface area (Å²) in [5.74, 6) is -0.491. The summed E-state index contributed by atoms with van der Waals surface area (Å²) >= 11 is 6.06. The molecule has 2 aliphatic rings. The molecule has 0 radical (unpaired) electrons. The van der Waals surface area contributed by atoms with Crippen LogP contribution in [0.1, 0.15) is 52.5 Å². The molecule has 0 spiro atoms. The van der Waals surface area contributed by atoms with Gasteiger partial charge in [0.25, 0.3) is 5.91 Å². The molecule has 1 aromatic carbocycles. The molecule has 5 rings (SSSR count). The van der Waals surface area contributed by atoms with Crippen molar-refractivity contribution in [3.63, 3.8) is 0 Å². The second-order valence-corrected chi connectivity index (χ2v) is 8.31. The van der Waals surface area contributed by atoms with Crippen LogP contribution in [-0.4, -0.2) is 37.0 Å². The molecule has 1 amide bonds. The van der Waals surface area contributed by atoms with Crippen LogP contribution in [0.3, 0.4) is 0 Å². The first kappa shape index (κ1) is 20.7. The smallest absolute Gasteiger partial charge is 0.368 e. The largest absolute Gasteiger partial charge is 0.417 e. The summed E-state index contributed by atoms with van der Waals surface area (Å²) in [6.45, 7) is 0. The lowest BCUT2D eigenvalue weighted by Gasteiger charge is -2.46. The molecule has 0 aliphatic carbocycles. The molecule has 1 saturated heterocycles. The number of benzene rings is 1. The lowest BCUT2D eigenvalue weighted by atomic mass is 9.81. The van der Waals surface area contributed by atoms with Gasteiger partial charge in [-0.3, -0.25) is 9.89 Å². The summed E-state index contributed by atoms with van der Waals surface area (Å²) in [6, 6.07) is 4.52. The molecule has 2 aliphatic heterocycles. The number of piperidine rings is 1. The highest BCUT2D eigenvalue weighted by Gasteiger charge is 2.44. The van der Waals surface area contributed by atoms with Crippen LogP contribution in [0.15, 0.2) is 30.5 Å². The Bertz CT molecular complexity index is 1200. The molecule has 166 valence electrons. The minimum absolute atomic E-state index is 0.0512. The zero-order valence-electron chi connectivity index (χ0n) is 16.7. The van der Waals surface area contributed by atoms with Crippen LogP contribution in [-0.2, 0) is 12.6 Å². The third-order valence-electron chi connectivity index (χ3n) is 6.07. The monoisotopic (exact) mass is 462 g/mol. The number of nitrogens with two attached hydrogens (primary N) is 1.